The maximum Gasteiger partial charge on any atom is 0.410 e. The third-order valence-electron chi connectivity index (χ3n) is 4.67. The van der Waals surface area contributed by atoms with Gasteiger partial charge in [0.25, 0.3) is 0 Å². The molecule has 0 fully saturated rings. The summed E-state index contributed by atoms with van der Waals surface area (Å²) in [7, 11) is 1.64. The normalized spacial score (nSPS) is 10.3. The van der Waals surface area contributed by atoms with Crippen molar-refractivity contribution in [2.45, 2.75) is 64.3 Å². The highest BCUT2D eigenvalue weighted by molar-refractivity contribution is 5.67. The van der Waals surface area contributed by atoms with E-state index in [0.717, 1.165) is 37.0 Å². The Balaban J connectivity index is 2.27. The summed E-state index contributed by atoms with van der Waals surface area (Å²) in [5, 5.41) is 0. The zero-order chi connectivity index (χ0) is 20.5. The Kier molecular flexibility index (Phi) is 13.4. The van der Waals surface area contributed by atoms with Crippen molar-refractivity contribution in [3.63, 3.8) is 0 Å². The fraction of sp³-hybridized carbons (Fsp3) is 0.542. The summed E-state index contributed by atoms with van der Waals surface area (Å²) in [5.41, 5.74) is 1.05. The van der Waals surface area contributed by atoms with E-state index in [9.17, 15) is 4.79 Å². The molecule has 4 heteroatoms. The van der Waals surface area contributed by atoms with E-state index in [2.05, 4.69) is 13.2 Å². The Hall–Kier alpha value is -2.23. The smallest absolute Gasteiger partial charge is 0.410 e. The molecule has 0 aliphatic heterocycles. The van der Waals surface area contributed by atoms with Gasteiger partial charge in [-0.15, -0.1) is 13.2 Å². The maximum atomic E-state index is 12.4. The minimum absolute atomic E-state index is 0.248. The Morgan fingerprint density at radius 2 is 1.54 bits per heavy atom. The molecule has 0 atom stereocenters. The molecule has 1 rings (SSSR count). The second-order valence-corrected chi connectivity index (χ2v) is 7.01. The number of methoxy groups -OCH3 is 1. The predicted molar refractivity (Wildman–Crippen MR) is 117 cm³/mol. The van der Waals surface area contributed by atoms with Crippen molar-refractivity contribution in [3.8, 4) is 5.75 Å². The molecule has 0 aromatic heterocycles. The molecule has 0 radical (unpaired) electrons. The average Bonchev–Trinajstić information content (AvgIpc) is 2.72. The summed E-state index contributed by atoms with van der Waals surface area (Å²) in [5.74, 6) is 0.810. The molecule has 0 saturated heterocycles. The lowest BCUT2D eigenvalue weighted by Crippen LogP contribution is -2.32. The van der Waals surface area contributed by atoms with Crippen LogP contribution in [0.4, 0.5) is 4.79 Å². The molecule has 0 unspecified atom stereocenters. The number of rotatable bonds is 16. The molecule has 28 heavy (non-hydrogen) atoms. The summed E-state index contributed by atoms with van der Waals surface area (Å²) in [6, 6.07) is 7.76. The number of hydrogen-bond acceptors (Lipinski definition) is 3. The van der Waals surface area contributed by atoms with E-state index < -0.39 is 0 Å². The van der Waals surface area contributed by atoms with E-state index >= 15 is 0 Å². The number of amides is 1. The SMILES string of the molecule is C=CCCCCCCCCCOC(=O)N(CCC=C)Cc1ccc(OC)cc1. The van der Waals surface area contributed by atoms with Crippen molar-refractivity contribution in [1.29, 1.82) is 0 Å². The van der Waals surface area contributed by atoms with Crippen molar-refractivity contribution < 1.29 is 14.3 Å². The first-order valence-corrected chi connectivity index (χ1v) is 10.5. The Morgan fingerprint density at radius 1 is 0.929 bits per heavy atom. The minimum atomic E-state index is -0.248. The van der Waals surface area contributed by atoms with Crippen LogP contribution in [0.3, 0.4) is 0 Å². The molecule has 0 spiro atoms. The van der Waals surface area contributed by atoms with Gasteiger partial charge in [-0.25, -0.2) is 4.79 Å². The molecule has 0 N–H and O–H groups in total. The first-order valence-electron chi connectivity index (χ1n) is 10.5. The molecule has 0 aliphatic carbocycles. The molecule has 4 nitrogen and oxygen atoms in total. The van der Waals surface area contributed by atoms with Gasteiger partial charge in [-0.3, -0.25) is 0 Å². The van der Waals surface area contributed by atoms with Gasteiger partial charge in [-0.2, -0.15) is 0 Å². The van der Waals surface area contributed by atoms with E-state index in [-0.39, 0.29) is 6.09 Å². The highest BCUT2D eigenvalue weighted by Crippen LogP contribution is 2.14. The van der Waals surface area contributed by atoms with Crippen LogP contribution >= 0.6 is 0 Å². The van der Waals surface area contributed by atoms with Crippen molar-refractivity contribution >= 4 is 6.09 Å². The van der Waals surface area contributed by atoms with Crippen LogP contribution in [-0.4, -0.2) is 31.3 Å². The van der Waals surface area contributed by atoms with Crippen LogP contribution < -0.4 is 4.74 Å². The zero-order valence-corrected chi connectivity index (χ0v) is 17.5. The number of benzene rings is 1. The first kappa shape index (κ1) is 23.8. The fourth-order valence-electron chi connectivity index (χ4n) is 2.96. The summed E-state index contributed by atoms with van der Waals surface area (Å²) < 4.78 is 10.7. The first-order chi connectivity index (χ1) is 13.7. The second kappa shape index (κ2) is 15.8. The highest BCUT2D eigenvalue weighted by Gasteiger charge is 2.14. The van der Waals surface area contributed by atoms with Crippen LogP contribution in [0.5, 0.6) is 5.75 Å². The summed E-state index contributed by atoms with van der Waals surface area (Å²) >= 11 is 0. The molecule has 1 aromatic carbocycles. The number of nitrogens with zero attached hydrogens (tertiary/aromatic N) is 1. The van der Waals surface area contributed by atoms with Crippen molar-refractivity contribution in [2.75, 3.05) is 20.3 Å². The van der Waals surface area contributed by atoms with Crippen molar-refractivity contribution in [2.24, 2.45) is 0 Å². The molecule has 0 bridgehead atoms. The lowest BCUT2D eigenvalue weighted by molar-refractivity contribution is 0.0986. The minimum Gasteiger partial charge on any atom is -0.497 e. The number of unbranched alkanes of at least 4 members (excludes halogenated alkanes) is 7. The van der Waals surface area contributed by atoms with Crippen LogP contribution in [0.25, 0.3) is 0 Å². The lowest BCUT2D eigenvalue weighted by atomic mass is 10.1. The van der Waals surface area contributed by atoms with Crippen LogP contribution in [0.2, 0.25) is 0 Å². The predicted octanol–water partition coefficient (Wildman–Crippen LogP) is 6.52. The van der Waals surface area contributed by atoms with Crippen molar-refractivity contribution in [3.05, 3.63) is 55.1 Å². The van der Waals surface area contributed by atoms with Gasteiger partial charge in [0, 0.05) is 13.1 Å². The Bertz CT molecular complexity index is 553. The number of allylic oxidation sites excluding steroid dienone is 1. The number of hydrogen-bond donors (Lipinski definition) is 0. The highest BCUT2D eigenvalue weighted by atomic mass is 16.6. The third kappa shape index (κ3) is 10.8. The van der Waals surface area contributed by atoms with Gasteiger partial charge < -0.3 is 14.4 Å². The summed E-state index contributed by atoms with van der Waals surface area (Å²) in [6.45, 7) is 9.12. The number of carbonyl (C=O) groups is 1. The molecule has 1 aromatic rings. The van der Waals surface area contributed by atoms with Crippen LogP contribution in [0.15, 0.2) is 49.6 Å². The zero-order valence-electron chi connectivity index (χ0n) is 17.5. The Labute approximate surface area is 171 Å². The molecule has 0 aliphatic rings. The van der Waals surface area contributed by atoms with E-state index in [4.69, 9.17) is 9.47 Å². The number of carbonyl (C=O) groups excluding carboxylic acids is 1. The molecule has 0 heterocycles. The molecule has 156 valence electrons. The second-order valence-electron chi connectivity index (χ2n) is 7.01. The summed E-state index contributed by atoms with van der Waals surface area (Å²) in [6.07, 6.45) is 13.7. The largest absolute Gasteiger partial charge is 0.497 e. The molecular formula is C24H37NO3. The summed E-state index contributed by atoms with van der Waals surface area (Å²) in [4.78, 5) is 14.2. The topological polar surface area (TPSA) is 38.8 Å². The van der Waals surface area contributed by atoms with E-state index in [0.29, 0.717) is 19.7 Å². The van der Waals surface area contributed by atoms with Gasteiger partial charge in [0.05, 0.1) is 13.7 Å². The third-order valence-corrected chi connectivity index (χ3v) is 4.67. The molecule has 1 amide bonds. The van der Waals surface area contributed by atoms with E-state index in [1.165, 1.54) is 32.1 Å². The van der Waals surface area contributed by atoms with Gasteiger partial charge in [0.1, 0.15) is 5.75 Å². The van der Waals surface area contributed by atoms with Gasteiger partial charge in [-0.1, -0.05) is 56.4 Å². The van der Waals surface area contributed by atoms with Gasteiger partial charge in [-0.05, 0) is 43.4 Å². The van der Waals surface area contributed by atoms with Crippen molar-refractivity contribution in [1.82, 2.24) is 4.90 Å². The van der Waals surface area contributed by atoms with Crippen LogP contribution in [-0.2, 0) is 11.3 Å². The maximum absolute atomic E-state index is 12.4. The quantitative estimate of drug-likeness (QED) is 0.239. The average molecular weight is 388 g/mol. The van der Waals surface area contributed by atoms with Crippen LogP contribution in [0, 0.1) is 0 Å². The lowest BCUT2D eigenvalue weighted by Gasteiger charge is -2.22. The molecular weight excluding hydrogens is 350 g/mol. The van der Waals surface area contributed by atoms with Crippen LogP contribution in [0.1, 0.15) is 63.4 Å². The monoisotopic (exact) mass is 387 g/mol. The van der Waals surface area contributed by atoms with Gasteiger partial charge in [0.15, 0.2) is 0 Å². The van der Waals surface area contributed by atoms with E-state index in [1.54, 1.807) is 12.0 Å². The van der Waals surface area contributed by atoms with Gasteiger partial charge in [0.2, 0.25) is 0 Å². The standard InChI is InChI=1S/C24H37NO3/c1-4-6-8-9-10-11-12-13-14-20-28-24(26)25(19-7-5-2)21-22-15-17-23(27-3)18-16-22/h4-5,15-18H,1-2,6-14,19-21H2,3H3. The number of ether oxygens (including phenoxy) is 2. The fourth-order valence-corrected chi connectivity index (χ4v) is 2.96. The van der Waals surface area contributed by atoms with E-state index in [1.807, 2.05) is 36.4 Å². The Morgan fingerprint density at radius 3 is 2.14 bits per heavy atom. The molecule has 0 saturated carbocycles. The van der Waals surface area contributed by atoms with Gasteiger partial charge >= 0.3 is 6.09 Å².